The summed E-state index contributed by atoms with van der Waals surface area (Å²) in [5.41, 5.74) is 9.39. The monoisotopic (exact) mass is 878 g/mol. The predicted octanol–water partition coefficient (Wildman–Crippen LogP) is 9.51. The van der Waals surface area contributed by atoms with Crippen molar-refractivity contribution in [3.05, 3.63) is 182 Å². The van der Waals surface area contributed by atoms with Crippen molar-refractivity contribution >= 4 is 46.7 Å². The van der Waals surface area contributed by atoms with Crippen LogP contribution in [0, 0.1) is 11.3 Å². The maximum atomic E-state index is 14.4. The molecule has 0 saturated carbocycles. The number of nitrogens with zero attached hydrogens (tertiary/aromatic N) is 3. The standard InChI is InChI=1S/C51H44Cl2N4O6/c1-3-34-6-4-5-7-38(34)28-57-29-40-26-47-45(56(2)50(59)48(63-47)37-17-19-41(20-18-37)62-30-33-12-21-42(52)43(53)22-33)24-39(40)25-46(57)49(58)55-44(51(60)61)23-31-8-13-35(14-9-31)36-15-10-32(27-54)11-16-36/h4-22,24,26,44,46,48H,3,23,25,28-30H2,1-2H3,(H,55,58)(H,60,61). The van der Waals surface area contributed by atoms with Crippen molar-refractivity contribution in [2.24, 2.45) is 0 Å². The van der Waals surface area contributed by atoms with Gasteiger partial charge in [-0.3, -0.25) is 14.5 Å². The van der Waals surface area contributed by atoms with Gasteiger partial charge in [0.15, 0.2) is 0 Å². The second-order valence-corrected chi connectivity index (χ2v) is 16.6. The Morgan fingerprint density at radius 2 is 1.56 bits per heavy atom. The SMILES string of the molecule is CCc1ccccc1CN1Cc2cc3c(cc2CC1C(=O)NC(Cc1ccc(-c2ccc(C#N)cc2)cc1)C(=O)O)N(C)C(=O)C(c1ccc(OCc2ccc(Cl)c(Cl)c2)cc1)O3. The average molecular weight is 880 g/mol. The molecule has 3 atom stereocenters. The van der Waals surface area contributed by atoms with E-state index >= 15 is 0 Å². The lowest BCUT2D eigenvalue weighted by Gasteiger charge is -2.39. The fourth-order valence-corrected chi connectivity index (χ4v) is 8.53. The number of aliphatic carboxylic acids is 1. The summed E-state index contributed by atoms with van der Waals surface area (Å²) in [5.74, 6) is -0.606. The fourth-order valence-electron chi connectivity index (χ4n) is 8.21. The highest BCUT2D eigenvalue weighted by Gasteiger charge is 2.38. The first-order valence-corrected chi connectivity index (χ1v) is 21.4. The van der Waals surface area contributed by atoms with Crippen molar-refractivity contribution < 1.29 is 29.0 Å². The molecule has 12 heteroatoms. The summed E-state index contributed by atoms with van der Waals surface area (Å²) >= 11 is 12.2. The molecule has 0 bridgehead atoms. The van der Waals surface area contributed by atoms with Gasteiger partial charge in [0.05, 0.1) is 33.4 Å². The van der Waals surface area contributed by atoms with Gasteiger partial charge in [0.1, 0.15) is 24.1 Å². The molecule has 2 aliphatic heterocycles. The normalized spacial score (nSPS) is 16.2. The summed E-state index contributed by atoms with van der Waals surface area (Å²) in [6, 6.07) is 39.6. The molecule has 2 amide bonds. The van der Waals surface area contributed by atoms with Crippen LogP contribution >= 0.6 is 23.2 Å². The number of carboxylic acids is 1. The molecule has 0 fully saturated rings. The first-order valence-electron chi connectivity index (χ1n) is 20.7. The molecule has 0 aromatic heterocycles. The van der Waals surface area contributed by atoms with Crippen LogP contribution in [0.5, 0.6) is 11.5 Å². The Kier molecular flexibility index (Phi) is 12.8. The highest BCUT2D eigenvalue weighted by molar-refractivity contribution is 6.42. The van der Waals surface area contributed by atoms with Gasteiger partial charge in [-0.2, -0.15) is 5.26 Å². The van der Waals surface area contributed by atoms with Crippen LogP contribution in [0.2, 0.25) is 10.0 Å². The molecule has 0 spiro atoms. The first-order chi connectivity index (χ1) is 30.5. The van der Waals surface area contributed by atoms with Crippen LogP contribution in [0.25, 0.3) is 11.1 Å². The summed E-state index contributed by atoms with van der Waals surface area (Å²) < 4.78 is 12.4. The molecule has 2 N–H and O–H groups in total. The molecule has 0 saturated heterocycles. The Labute approximate surface area is 376 Å². The van der Waals surface area contributed by atoms with Gasteiger partial charge >= 0.3 is 5.97 Å². The number of anilines is 1. The zero-order valence-corrected chi connectivity index (χ0v) is 36.2. The molecule has 2 aliphatic rings. The first kappa shape index (κ1) is 43.0. The number of benzene rings is 6. The van der Waals surface area contributed by atoms with E-state index in [1.165, 1.54) is 0 Å². The molecule has 8 rings (SSSR count). The third-order valence-electron chi connectivity index (χ3n) is 11.8. The molecule has 2 heterocycles. The number of rotatable bonds is 13. The lowest BCUT2D eigenvalue weighted by molar-refractivity contribution is -0.142. The summed E-state index contributed by atoms with van der Waals surface area (Å²) in [6.07, 6.45) is 0.309. The van der Waals surface area contributed by atoms with E-state index in [0.717, 1.165) is 50.9 Å². The Bertz CT molecular complexity index is 2720. The average Bonchev–Trinajstić information content (AvgIpc) is 3.30. The van der Waals surface area contributed by atoms with Gasteiger partial charge in [-0.1, -0.05) is 109 Å². The molecule has 10 nitrogen and oxygen atoms in total. The second-order valence-electron chi connectivity index (χ2n) is 15.8. The lowest BCUT2D eigenvalue weighted by Crippen LogP contribution is -2.54. The number of likely N-dealkylation sites (N-methyl/N-ethyl adjacent to an activating group) is 1. The van der Waals surface area contributed by atoms with Gasteiger partial charge in [-0.05, 0) is 106 Å². The number of hydrogen-bond donors (Lipinski definition) is 2. The number of carbonyl (C=O) groups is 3. The van der Waals surface area contributed by atoms with Crippen LogP contribution in [0.3, 0.4) is 0 Å². The zero-order valence-electron chi connectivity index (χ0n) is 34.7. The summed E-state index contributed by atoms with van der Waals surface area (Å²) in [4.78, 5) is 44.6. The molecule has 63 heavy (non-hydrogen) atoms. The maximum absolute atomic E-state index is 14.4. The lowest BCUT2D eigenvalue weighted by atomic mass is 9.90. The van der Waals surface area contributed by atoms with Crippen LogP contribution in [-0.4, -0.2) is 46.9 Å². The summed E-state index contributed by atoms with van der Waals surface area (Å²) in [5, 5.41) is 23.3. The second kappa shape index (κ2) is 18.8. The summed E-state index contributed by atoms with van der Waals surface area (Å²) in [6.45, 7) is 3.24. The molecule has 0 aliphatic carbocycles. The zero-order chi connectivity index (χ0) is 44.2. The number of amides is 2. The van der Waals surface area contributed by atoms with Crippen molar-refractivity contribution in [1.82, 2.24) is 10.2 Å². The van der Waals surface area contributed by atoms with Gasteiger partial charge < -0.3 is 24.8 Å². The van der Waals surface area contributed by atoms with E-state index in [2.05, 4.69) is 35.3 Å². The van der Waals surface area contributed by atoms with Crippen molar-refractivity contribution in [3.63, 3.8) is 0 Å². The van der Waals surface area contributed by atoms with Gasteiger partial charge in [-0.25, -0.2) is 4.79 Å². The molecule has 318 valence electrons. The quantitative estimate of drug-likeness (QED) is 0.117. The van der Waals surface area contributed by atoms with Crippen molar-refractivity contribution in [3.8, 4) is 28.7 Å². The Morgan fingerprint density at radius 1 is 0.873 bits per heavy atom. The smallest absolute Gasteiger partial charge is 0.326 e. The number of carboxylic acid groups (broad SMARTS) is 1. The van der Waals surface area contributed by atoms with E-state index in [1.54, 1.807) is 48.3 Å². The van der Waals surface area contributed by atoms with Crippen molar-refractivity contribution in [1.29, 1.82) is 5.26 Å². The third-order valence-corrected chi connectivity index (χ3v) is 12.5. The number of nitriles is 1. The highest BCUT2D eigenvalue weighted by atomic mass is 35.5. The summed E-state index contributed by atoms with van der Waals surface area (Å²) in [7, 11) is 1.72. The Morgan fingerprint density at radius 3 is 2.22 bits per heavy atom. The molecular weight excluding hydrogens is 835 g/mol. The van der Waals surface area contributed by atoms with E-state index in [-0.39, 0.29) is 24.8 Å². The number of fused-ring (bicyclic) bond motifs is 2. The number of nitrogens with one attached hydrogen (secondary N) is 1. The molecule has 0 radical (unpaired) electrons. The van der Waals surface area contributed by atoms with Crippen LogP contribution in [0.4, 0.5) is 5.69 Å². The number of aryl methyl sites for hydroxylation is 1. The van der Waals surface area contributed by atoms with Crippen molar-refractivity contribution in [2.45, 2.75) is 64.1 Å². The number of hydrogen-bond acceptors (Lipinski definition) is 7. The maximum Gasteiger partial charge on any atom is 0.326 e. The van der Waals surface area contributed by atoms with E-state index in [4.69, 9.17) is 37.9 Å². The highest BCUT2D eigenvalue weighted by Crippen LogP contribution is 2.42. The van der Waals surface area contributed by atoms with E-state index in [0.29, 0.717) is 57.9 Å². The van der Waals surface area contributed by atoms with E-state index < -0.39 is 24.2 Å². The minimum absolute atomic E-state index is 0.0874. The number of carbonyl (C=O) groups excluding carboxylic acids is 2. The Hall–Kier alpha value is -6.64. The minimum Gasteiger partial charge on any atom is -0.489 e. The van der Waals surface area contributed by atoms with E-state index in [9.17, 15) is 19.5 Å². The molecular formula is C51H44Cl2N4O6. The van der Waals surface area contributed by atoms with Gasteiger partial charge in [-0.15, -0.1) is 0 Å². The van der Waals surface area contributed by atoms with Crippen LogP contribution in [0.15, 0.2) is 127 Å². The predicted molar refractivity (Wildman–Crippen MR) is 243 cm³/mol. The molecule has 6 aromatic rings. The number of halogens is 2. The van der Waals surface area contributed by atoms with Crippen LogP contribution in [0.1, 0.15) is 57.5 Å². The topological polar surface area (TPSA) is 132 Å². The minimum atomic E-state index is -1.18. The van der Waals surface area contributed by atoms with Gasteiger partial charge in [0.2, 0.25) is 12.0 Å². The van der Waals surface area contributed by atoms with Crippen molar-refractivity contribution in [2.75, 3.05) is 11.9 Å². The van der Waals surface area contributed by atoms with E-state index in [1.807, 2.05) is 78.9 Å². The molecule has 6 aromatic carbocycles. The Balaban J connectivity index is 1.01. The fraction of sp³-hybridized carbons (Fsp3) is 0.216. The van der Waals surface area contributed by atoms with Gasteiger partial charge in [0, 0.05) is 32.1 Å². The van der Waals surface area contributed by atoms with Crippen LogP contribution in [-0.2, 0) is 53.3 Å². The number of ether oxygens (including phenoxy) is 2. The molecule has 3 unspecified atom stereocenters. The van der Waals surface area contributed by atoms with Crippen LogP contribution < -0.4 is 19.7 Å². The third kappa shape index (κ3) is 9.57. The largest absolute Gasteiger partial charge is 0.489 e. The van der Waals surface area contributed by atoms with Gasteiger partial charge in [0.25, 0.3) is 5.91 Å².